The second kappa shape index (κ2) is 9.58. The van der Waals surface area contributed by atoms with Crippen molar-refractivity contribution in [3.8, 4) is 0 Å². The number of carbonyl (C=O) groups excluding carboxylic acids is 1. The van der Waals surface area contributed by atoms with E-state index in [1.807, 2.05) is 31.1 Å². The van der Waals surface area contributed by atoms with Gasteiger partial charge in [0.1, 0.15) is 0 Å². The fourth-order valence-corrected chi connectivity index (χ4v) is 5.03. The fraction of sp³-hybridized carbons (Fsp3) is 0.480. The first-order chi connectivity index (χ1) is 16.1. The van der Waals surface area contributed by atoms with E-state index in [4.69, 9.17) is 11.6 Å². The van der Waals surface area contributed by atoms with E-state index in [0.717, 1.165) is 23.4 Å². The SMILES string of the molecule is CN(C)[C@H](CNC(=O)C[C@H](c1cccnc1)C1(C(C)(F)F)CC1)Cc1cc2cn[nH]c2cc1Cl. The van der Waals surface area contributed by atoms with Crippen molar-refractivity contribution < 1.29 is 13.6 Å². The third kappa shape index (κ3) is 5.08. The standard InChI is InChI=1S/C25H30ClF2N5O/c1-24(27,28)25(6-7-25)20(16-5-4-8-29-13-16)11-23(34)30-15-19(33(2)3)10-17-9-18-14-31-32-22(18)12-21(17)26/h4-5,8-9,12-14,19-20H,6-7,10-11,15H2,1-3H3,(H,30,34)(H,31,32)/t19-,20+/m0/s1. The maximum absolute atomic E-state index is 14.6. The van der Waals surface area contributed by atoms with E-state index < -0.39 is 17.3 Å². The van der Waals surface area contributed by atoms with Crippen LogP contribution in [-0.2, 0) is 11.2 Å². The number of nitrogens with one attached hydrogen (secondary N) is 2. The number of hydrogen-bond donors (Lipinski definition) is 2. The molecule has 2 atom stereocenters. The zero-order valence-corrected chi connectivity index (χ0v) is 20.4. The van der Waals surface area contributed by atoms with Gasteiger partial charge in [0.05, 0.1) is 11.7 Å². The van der Waals surface area contributed by atoms with Crippen LogP contribution in [0.2, 0.25) is 5.02 Å². The van der Waals surface area contributed by atoms with Gasteiger partial charge >= 0.3 is 0 Å². The molecular weight excluding hydrogens is 460 g/mol. The molecule has 0 spiro atoms. The molecule has 1 amide bonds. The number of aromatic amines is 1. The Balaban J connectivity index is 1.45. The molecule has 1 fully saturated rings. The lowest BCUT2D eigenvalue weighted by Crippen LogP contribution is -2.43. The van der Waals surface area contributed by atoms with Crippen LogP contribution in [0.4, 0.5) is 8.78 Å². The van der Waals surface area contributed by atoms with Crippen molar-refractivity contribution >= 4 is 28.4 Å². The quantitative estimate of drug-likeness (QED) is 0.428. The molecule has 3 aromatic rings. The number of aromatic nitrogens is 3. The van der Waals surface area contributed by atoms with Gasteiger partial charge < -0.3 is 10.2 Å². The highest BCUT2D eigenvalue weighted by Gasteiger charge is 2.63. The van der Waals surface area contributed by atoms with Gasteiger partial charge in [-0.1, -0.05) is 17.7 Å². The van der Waals surface area contributed by atoms with E-state index in [9.17, 15) is 13.6 Å². The largest absolute Gasteiger partial charge is 0.355 e. The number of hydrogen-bond acceptors (Lipinski definition) is 4. The van der Waals surface area contributed by atoms with Gasteiger partial charge in [-0.25, -0.2) is 8.78 Å². The Morgan fingerprint density at radius 1 is 1.32 bits per heavy atom. The lowest BCUT2D eigenvalue weighted by molar-refractivity contribution is -0.123. The minimum Gasteiger partial charge on any atom is -0.355 e. The predicted molar refractivity (Wildman–Crippen MR) is 129 cm³/mol. The lowest BCUT2D eigenvalue weighted by atomic mass is 9.77. The number of pyridine rings is 1. The monoisotopic (exact) mass is 489 g/mol. The second-order valence-electron chi connectivity index (χ2n) is 9.61. The molecule has 1 aromatic carbocycles. The summed E-state index contributed by atoms with van der Waals surface area (Å²) in [5, 5.41) is 11.5. The van der Waals surface area contributed by atoms with E-state index in [1.54, 1.807) is 30.7 Å². The second-order valence-corrected chi connectivity index (χ2v) is 10.0. The Morgan fingerprint density at radius 3 is 2.71 bits per heavy atom. The normalized spacial score (nSPS) is 17.0. The van der Waals surface area contributed by atoms with Crippen LogP contribution in [0.5, 0.6) is 0 Å². The number of fused-ring (bicyclic) bond motifs is 1. The van der Waals surface area contributed by atoms with Gasteiger partial charge in [0, 0.05) is 53.1 Å². The first-order valence-corrected chi connectivity index (χ1v) is 11.8. The van der Waals surface area contributed by atoms with Crippen molar-refractivity contribution in [2.75, 3.05) is 20.6 Å². The number of nitrogens with zero attached hydrogens (tertiary/aromatic N) is 3. The summed E-state index contributed by atoms with van der Waals surface area (Å²) in [5.74, 6) is -3.70. The molecule has 0 radical (unpaired) electrons. The van der Waals surface area contributed by atoms with Crippen molar-refractivity contribution in [3.63, 3.8) is 0 Å². The number of likely N-dealkylation sites (N-methyl/N-ethyl adjacent to an activating group) is 1. The van der Waals surface area contributed by atoms with Crippen LogP contribution < -0.4 is 5.32 Å². The molecule has 1 saturated carbocycles. The Kier molecular flexibility index (Phi) is 6.92. The average molecular weight is 490 g/mol. The van der Waals surface area contributed by atoms with Crippen molar-refractivity contribution in [2.24, 2.45) is 5.41 Å². The average Bonchev–Trinajstić information content (AvgIpc) is 3.49. The van der Waals surface area contributed by atoms with Crippen LogP contribution in [-0.4, -0.2) is 58.6 Å². The summed E-state index contributed by atoms with van der Waals surface area (Å²) in [5.41, 5.74) is 1.31. The van der Waals surface area contributed by atoms with E-state index in [-0.39, 0.29) is 18.4 Å². The molecule has 182 valence electrons. The topological polar surface area (TPSA) is 73.9 Å². The maximum Gasteiger partial charge on any atom is 0.251 e. The number of alkyl halides is 2. The molecule has 0 saturated heterocycles. The summed E-state index contributed by atoms with van der Waals surface area (Å²) in [4.78, 5) is 19.1. The number of benzene rings is 1. The van der Waals surface area contributed by atoms with Gasteiger partial charge in [-0.05, 0) is 69.6 Å². The van der Waals surface area contributed by atoms with Crippen LogP contribution >= 0.6 is 11.6 Å². The third-order valence-corrected chi connectivity index (χ3v) is 7.49. The van der Waals surface area contributed by atoms with E-state index in [1.165, 1.54) is 0 Å². The van der Waals surface area contributed by atoms with Crippen LogP contribution in [0.3, 0.4) is 0 Å². The molecule has 4 rings (SSSR count). The number of H-pyrrole nitrogens is 1. The predicted octanol–water partition coefficient (Wildman–Crippen LogP) is 4.81. The smallest absolute Gasteiger partial charge is 0.251 e. The summed E-state index contributed by atoms with van der Waals surface area (Å²) in [6, 6.07) is 7.34. The molecule has 34 heavy (non-hydrogen) atoms. The van der Waals surface area contributed by atoms with Gasteiger partial charge in [0.2, 0.25) is 5.91 Å². The van der Waals surface area contributed by atoms with Gasteiger partial charge in [0.15, 0.2) is 0 Å². The van der Waals surface area contributed by atoms with Crippen LogP contribution in [0.1, 0.15) is 43.2 Å². The third-order valence-electron chi connectivity index (χ3n) is 7.13. The minimum atomic E-state index is -2.87. The molecule has 9 heteroatoms. The number of carbonyl (C=O) groups is 1. The molecule has 2 N–H and O–H groups in total. The molecular formula is C25H30ClF2N5O. The Bertz CT molecular complexity index is 1140. The zero-order valence-electron chi connectivity index (χ0n) is 19.6. The maximum atomic E-state index is 14.6. The van der Waals surface area contributed by atoms with Gasteiger partial charge in [0.25, 0.3) is 5.92 Å². The van der Waals surface area contributed by atoms with Crippen LogP contribution in [0, 0.1) is 5.41 Å². The molecule has 2 aromatic heterocycles. The molecule has 0 unspecified atom stereocenters. The molecule has 1 aliphatic rings. The van der Waals surface area contributed by atoms with E-state index in [2.05, 4.69) is 20.5 Å². The summed E-state index contributed by atoms with van der Waals surface area (Å²) in [6.07, 6.45) is 6.38. The van der Waals surface area contributed by atoms with Crippen molar-refractivity contribution in [1.82, 2.24) is 25.4 Å². The van der Waals surface area contributed by atoms with Crippen molar-refractivity contribution in [1.29, 1.82) is 0 Å². The summed E-state index contributed by atoms with van der Waals surface area (Å²) in [6.45, 7) is 1.34. The summed E-state index contributed by atoms with van der Waals surface area (Å²) < 4.78 is 29.1. The van der Waals surface area contributed by atoms with Crippen LogP contribution in [0.15, 0.2) is 42.9 Å². The van der Waals surface area contributed by atoms with Gasteiger partial charge in [-0.3, -0.25) is 14.9 Å². The first kappa shape index (κ1) is 24.5. The highest BCUT2D eigenvalue weighted by Crippen LogP contribution is 2.65. The highest BCUT2D eigenvalue weighted by molar-refractivity contribution is 6.32. The molecule has 6 nitrogen and oxygen atoms in total. The highest BCUT2D eigenvalue weighted by atomic mass is 35.5. The summed E-state index contributed by atoms with van der Waals surface area (Å²) >= 11 is 6.48. The van der Waals surface area contributed by atoms with Crippen LogP contribution in [0.25, 0.3) is 10.9 Å². The van der Waals surface area contributed by atoms with E-state index in [0.29, 0.717) is 36.4 Å². The zero-order chi connectivity index (χ0) is 24.5. The molecule has 0 bridgehead atoms. The van der Waals surface area contributed by atoms with Crippen molar-refractivity contribution in [3.05, 3.63) is 59.0 Å². The van der Waals surface area contributed by atoms with Gasteiger partial charge in [-0.2, -0.15) is 5.10 Å². The number of rotatable bonds is 10. The molecule has 2 heterocycles. The minimum absolute atomic E-state index is 0.00297. The number of amides is 1. The Morgan fingerprint density at radius 2 is 2.09 bits per heavy atom. The molecule has 0 aliphatic heterocycles. The van der Waals surface area contributed by atoms with Gasteiger partial charge in [-0.15, -0.1) is 0 Å². The lowest BCUT2D eigenvalue weighted by Gasteiger charge is -2.32. The van der Waals surface area contributed by atoms with E-state index >= 15 is 0 Å². The Hall–Kier alpha value is -2.58. The van der Waals surface area contributed by atoms with Crippen molar-refractivity contribution in [2.45, 2.75) is 50.5 Å². The summed E-state index contributed by atoms with van der Waals surface area (Å²) in [7, 11) is 3.88. The number of halogens is 3. The molecule has 1 aliphatic carbocycles. The first-order valence-electron chi connectivity index (χ1n) is 11.4. The Labute approximate surface area is 203 Å². The fourth-order valence-electron chi connectivity index (χ4n) is 4.79.